The average Bonchev–Trinajstić information content (AvgIpc) is 2.81. The van der Waals surface area contributed by atoms with Crippen LogP contribution in [0.4, 0.5) is 11.4 Å². The quantitative estimate of drug-likeness (QED) is 0.252. The molecule has 2 aromatic rings. The van der Waals surface area contributed by atoms with Crippen LogP contribution in [-0.4, -0.2) is 11.5 Å². The number of nitrogen functional groups attached to an aromatic ring is 1. The van der Waals surface area contributed by atoms with Crippen LogP contribution < -0.4 is 16.7 Å². The van der Waals surface area contributed by atoms with Crippen molar-refractivity contribution in [2.24, 2.45) is 10.9 Å². The zero-order valence-corrected chi connectivity index (χ0v) is 22.3. The second kappa shape index (κ2) is 17.1. The van der Waals surface area contributed by atoms with E-state index in [1.54, 1.807) is 0 Å². The third-order valence-electron chi connectivity index (χ3n) is 5.08. The number of carbonyl (C=O) groups is 1. The average molecular weight is 589 g/mol. The Labute approximate surface area is 214 Å². The lowest BCUT2D eigenvalue weighted by Gasteiger charge is -2.12. The van der Waals surface area contributed by atoms with E-state index in [1.165, 1.54) is 31.4 Å². The number of hydrazone groups is 1. The van der Waals surface area contributed by atoms with Gasteiger partial charge < -0.3 is 5.43 Å². The van der Waals surface area contributed by atoms with Gasteiger partial charge in [-0.25, -0.2) is 0 Å². The predicted octanol–water partition coefficient (Wildman–Crippen LogP) is 7.86. The van der Waals surface area contributed by atoms with Crippen molar-refractivity contribution in [1.82, 2.24) is 0 Å². The molecule has 32 heavy (non-hydrogen) atoms. The second-order valence-electron chi connectivity index (χ2n) is 7.55. The van der Waals surface area contributed by atoms with Gasteiger partial charge in [0.1, 0.15) is 5.78 Å². The van der Waals surface area contributed by atoms with Gasteiger partial charge in [-0.1, -0.05) is 37.1 Å². The highest BCUT2D eigenvalue weighted by Gasteiger charge is 2.07. The molecule has 5 nitrogen and oxygen atoms in total. The van der Waals surface area contributed by atoms with Crippen molar-refractivity contribution in [2.45, 2.75) is 64.2 Å². The zero-order valence-electron chi connectivity index (χ0n) is 18.3. The number of Topliss-reactive ketones (excluding diaryl/α,β-unsaturated/α-hetero) is 1. The van der Waals surface area contributed by atoms with Crippen molar-refractivity contribution in [2.75, 3.05) is 10.9 Å². The maximum atomic E-state index is 10.5. The highest BCUT2D eigenvalue weighted by Crippen LogP contribution is 2.22. The van der Waals surface area contributed by atoms with E-state index < -0.39 is 0 Å². The topological polar surface area (TPSA) is 79.5 Å². The van der Waals surface area contributed by atoms with E-state index in [1.807, 2.05) is 48.5 Å². The number of rotatable bonds is 3. The SMILES string of the molecule is Brc1ccccc1NN=C1CCCCC1.Cl.NNc1ccccc1Br.O=C1CCCCC1. The van der Waals surface area contributed by atoms with Gasteiger partial charge >= 0.3 is 0 Å². The molecule has 2 aromatic carbocycles. The summed E-state index contributed by atoms with van der Waals surface area (Å²) >= 11 is 6.80. The number of anilines is 2. The minimum Gasteiger partial charge on any atom is -0.323 e. The van der Waals surface area contributed by atoms with Gasteiger partial charge in [0, 0.05) is 27.5 Å². The summed E-state index contributed by atoms with van der Waals surface area (Å²) in [5.74, 6) is 5.63. The van der Waals surface area contributed by atoms with Crippen LogP contribution in [0.3, 0.4) is 0 Å². The van der Waals surface area contributed by atoms with E-state index >= 15 is 0 Å². The van der Waals surface area contributed by atoms with Crippen LogP contribution in [0.25, 0.3) is 0 Å². The fourth-order valence-corrected chi connectivity index (χ4v) is 4.06. The molecule has 0 spiro atoms. The molecule has 0 bridgehead atoms. The molecule has 4 rings (SSSR count). The third-order valence-corrected chi connectivity index (χ3v) is 6.46. The zero-order chi connectivity index (χ0) is 22.3. The van der Waals surface area contributed by atoms with Crippen LogP contribution in [-0.2, 0) is 4.79 Å². The Morgan fingerprint density at radius 2 is 1.19 bits per heavy atom. The van der Waals surface area contributed by atoms with Gasteiger partial charge in [0.05, 0.1) is 11.4 Å². The monoisotopic (exact) mass is 586 g/mol. The molecule has 2 saturated carbocycles. The first kappa shape index (κ1) is 28.6. The summed E-state index contributed by atoms with van der Waals surface area (Å²) < 4.78 is 2.04. The van der Waals surface area contributed by atoms with Crippen molar-refractivity contribution >= 4 is 67.1 Å². The number of para-hydroxylation sites is 2. The van der Waals surface area contributed by atoms with Crippen LogP contribution in [0.1, 0.15) is 64.2 Å². The lowest BCUT2D eigenvalue weighted by atomic mass is 9.99. The summed E-state index contributed by atoms with van der Waals surface area (Å²) in [6, 6.07) is 15.7. The summed E-state index contributed by atoms with van der Waals surface area (Å²) in [5.41, 5.74) is 8.91. The molecule has 8 heteroatoms. The Kier molecular flexibility index (Phi) is 15.3. The molecule has 0 atom stereocenters. The summed E-state index contributed by atoms with van der Waals surface area (Å²) in [4.78, 5) is 10.5. The van der Waals surface area contributed by atoms with Gasteiger partial charge in [-0.3, -0.25) is 16.1 Å². The van der Waals surface area contributed by atoms with Gasteiger partial charge in [0.15, 0.2) is 0 Å². The van der Waals surface area contributed by atoms with E-state index in [9.17, 15) is 4.79 Å². The Morgan fingerprint density at radius 3 is 1.59 bits per heavy atom. The van der Waals surface area contributed by atoms with Gasteiger partial charge in [0.25, 0.3) is 0 Å². The van der Waals surface area contributed by atoms with Crippen molar-refractivity contribution < 1.29 is 4.79 Å². The number of hydrazine groups is 1. The summed E-state index contributed by atoms with van der Waals surface area (Å²) in [5, 5.41) is 4.45. The number of hydrogen-bond acceptors (Lipinski definition) is 5. The van der Waals surface area contributed by atoms with Gasteiger partial charge in [0.2, 0.25) is 0 Å². The Morgan fingerprint density at radius 1 is 0.719 bits per heavy atom. The highest BCUT2D eigenvalue weighted by molar-refractivity contribution is 9.11. The molecule has 0 aromatic heterocycles. The number of benzene rings is 2. The first-order valence-corrected chi connectivity index (χ1v) is 12.5. The number of ketones is 1. The van der Waals surface area contributed by atoms with E-state index in [4.69, 9.17) is 5.84 Å². The van der Waals surface area contributed by atoms with E-state index in [-0.39, 0.29) is 12.4 Å². The lowest BCUT2D eigenvalue weighted by Crippen LogP contribution is -2.07. The summed E-state index contributed by atoms with van der Waals surface area (Å²) in [6.45, 7) is 0. The fourth-order valence-electron chi connectivity index (χ4n) is 3.29. The van der Waals surface area contributed by atoms with Crippen molar-refractivity contribution in [1.29, 1.82) is 0 Å². The molecule has 2 fully saturated rings. The van der Waals surface area contributed by atoms with E-state index in [2.05, 4.69) is 47.8 Å². The van der Waals surface area contributed by atoms with Crippen LogP contribution in [0, 0.1) is 0 Å². The number of hydrogen-bond donors (Lipinski definition) is 3. The van der Waals surface area contributed by atoms with Crippen LogP contribution in [0.5, 0.6) is 0 Å². The van der Waals surface area contributed by atoms with Crippen molar-refractivity contribution in [3.05, 3.63) is 57.5 Å². The molecule has 2 aliphatic rings. The number of nitrogens with one attached hydrogen (secondary N) is 2. The first-order valence-electron chi connectivity index (χ1n) is 10.9. The molecular formula is C24H33Br2ClN4O. The van der Waals surface area contributed by atoms with E-state index in [0.717, 1.165) is 58.8 Å². The predicted molar refractivity (Wildman–Crippen MR) is 146 cm³/mol. The standard InChI is InChI=1S/C12H15BrN2.C6H7BrN2.C6H10O.ClH/c13-11-8-4-5-9-12(11)15-14-10-6-2-1-3-7-10;7-5-3-1-2-4-6(5)9-8;7-6-4-2-1-3-5-6;/h4-5,8-9,15H,1-3,6-7H2;1-4,9H,8H2;1-5H2;1H. The molecule has 0 radical (unpaired) electrons. The molecular weight excluding hydrogens is 556 g/mol. The normalized spacial score (nSPS) is 15.1. The van der Waals surface area contributed by atoms with Crippen LogP contribution in [0.15, 0.2) is 62.6 Å². The number of carbonyl (C=O) groups excluding carboxylic acids is 1. The highest BCUT2D eigenvalue weighted by atomic mass is 79.9. The van der Waals surface area contributed by atoms with Gasteiger partial charge in [-0.2, -0.15) is 5.10 Å². The third kappa shape index (κ3) is 11.5. The number of nitrogens with zero attached hydrogens (tertiary/aromatic N) is 1. The number of nitrogens with two attached hydrogens (primary N) is 1. The van der Waals surface area contributed by atoms with E-state index in [0.29, 0.717) is 5.78 Å². The Bertz CT molecular complexity index is 832. The fraction of sp³-hybridized carbons (Fsp3) is 0.417. The van der Waals surface area contributed by atoms with Crippen LogP contribution >= 0.6 is 44.3 Å². The van der Waals surface area contributed by atoms with Gasteiger partial charge in [-0.15, -0.1) is 12.4 Å². The minimum atomic E-state index is 0. The van der Waals surface area contributed by atoms with Gasteiger partial charge in [-0.05, 0) is 94.7 Å². The maximum Gasteiger partial charge on any atom is 0.132 e. The van der Waals surface area contributed by atoms with Crippen molar-refractivity contribution in [3.8, 4) is 0 Å². The number of halogens is 3. The van der Waals surface area contributed by atoms with Crippen molar-refractivity contribution in [3.63, 3.8) is 0 Å². The molecule has 176 valence electrons. The maximum absolute atomic E-state index is 10.5. The molecule has 0 aliphatic heterocycles. The first-order chi connectivity index (χ1) is 15.1. The largest absolute Gasteiger partial charge is 0.323 e. The summed E-state index contributed by atoms with van der Waals surface area (Å²) in [6.07, 6.45) is 11.5. The molecule has 4 N–H and O–H groups in total. The Balaban J connectivity index is 0.000000258. The summed E-state index contributed by atoms with van der Waals surface area (Å²) in [7, 11) is 0. The molecule has 0 saturated heterocycles. The van der Waals surface area contributed by atoms with Crippen LogP contribution in [0.2, 0.25) is 0 Å². The lowest BCUT2D eigenvalue weighted by molar-refractivity contribution is -0.120. The smallest absolute Gasteiger partial charge is 0.132 e. The second-order valence-corrected chi connectivity index (χ2v) is 9.26. The molecule has 0 heterocycles. The molecule has 0 amide bonds. The minimum absolute atomic E-state index is 0. The molecule has 2 aliphatic carbocycles. The molecule has 0 unspecified atom stereocenters. The Hall–Kier alpha value is -1.41.